The monoisotopic (exact) mass is 289 g/mol. The number of carbonyl (C=O) groups excluding carboxylic acids is 2. The van der Waals surface area contributed by atoms with Gasteiger partial charge in [0.1, 0.15) is 0 Å². The van der Waals surface area contributed by atoms with Crippen LogP contribution in [0.25, 0.3) is 10.8 Å². The zero-order valence-electron chi connectivity index (χ0n) is 11.8. The summed E-state index contributed by atoms with van der Waals surface area (Å²) in [7, 11) is 0. The SMILES string of the molecule is O=C(CCCCCCC(=O)c1occ2ccccc12)NO. The largest absolute Gasteiger partial charge is 0.460 e. The fourth-order valence-corrected chi connectivity index (χ4v) is 2.30. The van der Waals surface area contributed by atoms with E-state index >= 15 is 0 Å². The lowest BCUT2D eigenvalue weighted by Crippen LogP contribution is -2.17. The van der Waals surface area contributed by atoms with Gasteiger partial charge in [-0.05, 0) is 12.8 Å². The van der Waals surface area contributed by atoms with Crippen LogP contribution < -0.4 is 5.48 Å². The highest BCUT2D eigenvalue weighted by Gasteiger charge is 2.13. The molecule has 0 saturated carbocycles. The van der Waals surface area contributed by atoms with Crippen molar-refractivity contribution in [3.05, 3.63) is 36.3 Å². The molecule has 5 nitrogen and oxygen atoms in total. The van der Waals surface area contributed by atoms with Crippen molar-refractivity contribution in [2.24, 2.45) is 0 Å². The second-order valence-corrected chi connectivity index (χ2v) is 5.02. The summed E-state index contributed by atoms with van der Waals surface area (Å²) < 4.78 is 5.37. The quantitative estimate of drug-likeness (QED) is 0.337. The molecule has 0 saturated heterocycles. The second-order valence-electron chi connectivity index (χ2n) is 5.02. The number of benzene rings is 1. The van der Waals surface area contributed by atoms with Crippen LogP contribution in [-0.4, -0.2) is 16.9 Å². The molecular weight excluding hydrogens is 270 g/mol. The van der Waals surface area contributed by atoms with Crippen molar-refractivity contribution < 1.29 is 19.2 Å². The molecule has 112 valence electrons. The summed E-state index contributed by atoms with van der Waals surface area (Å²) in [5.74, 6) is 0.0858. The maximum atomic E-state index is 12.1. The zero-order chi connectivity index (χ0) is 15.1. The minimum Gasteiger partial charge on any atom is -0.460 e. The van der Waals surface area contributed by atoms with E-state index in [-0.39, 0.29) is 11.7 Å². The molecule has 2 rings (SSSR count). The van der Waals surface area contributed by atoms with Gasteiger partial charge >= 0.3 is 0 Å². The first-order valence-corrected chi connectivity index (χ1v) is 7.14. The average Bonchev–Trinajstić information content (AvgIpc) is 2.94. The van der Waals surface area contributed by atoms with Gasteiger partial charge in [-0.3, -0.25) is 14.8 Å². The van der Waals surface area contributed by atoms with Gasteiger partial charge in [-0.15, -0.1) is 0 Å². The topological polar surface area (TPSA) is 79.5 Å². The van der Waals surface area contributed by atoms with Crippen LogP contribution in [0.4, 0.5) is 0 Å². The van der Waals surface area contributed by atoms with Crippen LogP contribution in [0.5, 0.6) is 0 Å². The van der Waals surface area contributed by atoms with Crippen molar-refractivity contribution in [1.82, 2.24) is 5.48 Å². The molecule has 1 aromatic carbocycles. The molecule has 0 atom stereocenters. The van der Waals surface area contributed by atoms with Gasteiger partial charge in [-0.1, -0.05) is 37.1 Å². The Balaban J connectivity index is 1.74. The number of fused-ring (bicyclic) bond motifs is 1. The van der Waals surface area contributed by atoms with Crippen molar-refractivity contribution in [2.45, 2.75) is 38.5 Å². The summed E-state index contributed by atoms with van der Waals surface area (Å²) in [6.07, 6.45) is 5.59. The average molecular weight is 289 g/mol. The first kappa shape index (κ1) is 15.3. The van der Waals surface area contributed by atoms with E-state index in [0.717, 1.165) is 30.0 Å². The Labute approximate surface area is 122 Å². The van der Waals surface area contributed by atoms with E-state index in [0.29, 0.717) is 25.0 Å². The Hall–Kier alpha value is -2.14. The van der Waals surface area contributed by atoms with Crippen LogP contribution in [0.2, 0.25) is 0 Å². The molecule has 0 radical (unpaired) electrons. The van der Waals surface area contributed by atoms with Gasteiger partial charge in [-0.25, -0.2) is 5.48 Å². The maximum absolute atomic E-state index is 12.1. The molecule has 1 amide bonds. The van der Waals surface area contributed by atoms with Gasteiger partial charge in [-0.2, -0.15) is 0 Å². The highest BCUT2D eigenvalue weighted by Crippen LogP contribution is 2.22. The molecule has 0 fully saturated rings. The van der Waals surface area contributed by atoms with Gasteiger partial charge in [0.25, 0.3) is 0 Å². The third kappa shape index (κ3) is 4.16. The number of rotatable bonds is 8. The number of amides is 1. The third-order valence-electron chi connectivity index (χ3n) is 3.44. The van der Waals surface area contributed by atoms with Crippen molar-refractivity contribution >= 4 is 22.5 Å². The summed E-state index contributed by atoms with van der Waals surface area (Å²) in [6.45, 7) is 0. The second kappa shape index (κ2) is 7.59. The van der Waals surface area contributed by atoms with Gasteiger partial charge in [0.05, 0.1) is 6.26 Å². The van der Waals surface area contributed by atoms with Crippen LogP contribution in [0, 0.1) is 0 Å². The number of Topliss-reactive ketones (excluding diaryl/α,β-unsaturated/α-hetero) is 1. The molecule has 1 heterocycles. The lowest BCUT2D eigenvalue weighted by atomic mass is 10.1. The first-order valence-electron chi connectivity index (χ1n) is 7.14. The van der Waals surface area contributed by atoms with Crippen molar-refractivity contribution in [3.63, 3.8) is 0 Å². The highest BCUT2D eigenvalue weighted by atomic mass is 16.5. The Bertz CT molecular complexity index is 618. The molecule has 0 aliphatic rings. The van der Waals surface area contributed by atoms with E-state index in [4.69, 9.17) is 9.62 Å². The van der Waals surface area contributed by atoms with E-state index in [1.807, 2.05) is 24.3 Å². The van der Waals surface area contributed by atoms with Crippen LogP contribution in [-0.2, 0) is 4.79 Å². The van der Waals surface area contributed by atoms with E-state index in [9.17, 15) is 9.59 Å². The molecular formula is C16H19NO4. The molecule has 0 bridgehead atoms. The van der Waals surface area contributed by atoms with E-state index in [2.05, 4.69) is 0 Å². The van der Waals surface area contributed by atoms with E-state index in [1.54, 1.807) is 11.7 Å². The Morgan fingerprint density at radius 3 is 2.52 bits per heavy atom. The molecule has 0 aliphatic heterocycles. The van der Waals surface area contributed by atoms with Crippen molar-refractivity contribution in [1.29, 1.82) is 0 Å². The number of unbranched alkanes of at least 4 members (excludes halogenated alkanes) is 3. The minimum absolute atomic E-state index is 0.0179. The fourth-order valence-electron chi connectivity index (χ4n) is 2.30. The van der Waals surface area contributed by atoms with Gasteiger partial charge < -0.3 is 4.42 Å². The standard InChI is InChI=1S/C16H19NO4/c18-14(9-3-1-2-4-10-15(19)17-20)16-13-8-6-5-7-12(13)11-21-16/h5-8,11,20H,1-4,9-10H2,(H,17,19). The summed E-state index contributed by atoms with van der Waals surface area (Å²) >= 11 is 0. The maximum Gasteiger partial charge on any atom is 0.243 e. The lowest BCUT2D eigenvalue weighted by molar-refractivity contribution is -0.129. The number of ketones is 1. The summed E-state index contributed by atoms with van der Waals surface area (Å²) in [6, 6.07) is 7.61. The number of nitrogens with one attached hydrogen (secondary N) is 1. The van der Waals surface area contributed by atoms with Crippen molar-refractivity contribution in [3.8, 4) is 0 Å². The van der Waals surface area contributed by atoms with Crippen LogP contribution >= 0.6 is 0 Å². The smallest absolute Gasteiger partial charge is 0.243 e. The molecule has 0 spiro atoms. The van der Waals surface area contributed by atoms with Crippen LogP contribution in [0.3, 0.4) is 0 Å². The molecule has 0 aliphatic carbocycles. The minimum atomic E-state index is -0.367. The van der Waals surface area contributed by atoms with Crippen molar-refractivity contribution in [2.75, 3.05) is 0 Å². The highest BCUT2D eigenvalue weighted by molar-refractivity contribution is 6.05. The molecule has 2 N–H and O–H groups in total. The number of hydrogen-bond donors (Lipinski definition) is 2. The predicted octanol–water partition coefficient (Wildman–Crippen LogP) is 3.46. The zero-order valence-corrected chi connectivity index (χ0v) is 11.8. The first-order chi connectivity index (χ1) is 10.2. The lowest BCUT2D eigenvalue weighted by Gasteiger charge is -2.00. The fraction of sp³-hybridized carbons (Fsp3) is 0.375. The summed E-state index contributed by atoms with van der Waals surface area (Å²) in [5, 5.41) is 10.2. The number of carbonyl (C=O) groups is 2. The van der Waals surface area contributed by atoms with Gasteiger partial charge in [0.15, 0.2) is 11.5 Å². The number of furan rings is 1. The molecule has 21 heavy (non-hydrogen) atoms. The Morgan fingerprint density at radius 1 is 1.05 bits per heavy atom. The summed E-state index contributed by atoms with van der Waals surface area (Å²) in [4.78, 5) is 22.9. The van der Waals surface area contributed by atoms with Crippen LogP contribution in [0.1, 0.15) is 49.1 Å². The molecule has 1 aromatic heterocycles. The molecule has 5 heteroatoms. The molecule has 2 aromatic rings. The predicted molar refractivity (Wildman–Crippen MR) is 78.2 cm³/mol. The van der Waals surface area contributed by atoms with E-state index in [1.165, 1.54) is 0 Å². The van der Waals surface area contributed by atoms with Gasteiger partial charge in [0, 0.05) is 23.6 Å². The normalized spacial score (nSPS) is 10.7. The van der Waals surface area contributed by atoms with E-state index < -0.39 is 0 Å². The third-order valence-corrected chi connectivity index (χ3v) is 3.44. The Morgan fingerprint density at radius 2 is 1.76 bits per heavy atom. The molecule has 0 unspecified atom stereocenters. The van der Waals surface area contributed by atoms with Gasteiger partial charge in [0.2, 0.25) is 5.91 Å². The number of hydrogen-bond acceptors (Lipinski definition) is 4. The number of hydroxylamine groups is 1. The summed E-state index contributed by atoms with van der Waals surface area (Å²) in [5.41, 5.74) is 1.60. The Kier molecular flexibility index (Phi) is 5.51. The van der Waals surface area contributed by atoms with Crippen LogP contribution in [0.15, 0.2) is 34.9 Å².